The molecule has 1 rings (SSSR count). The van der Waals surface area contributed by atoms with Gasteiger partial charge in [0.05, 0.1) is 19.3 Å². The number of anilines is 1. The predicted octanol–water partition coefficient (Wildman–Crippen LogP) is 2.09. The molecule has 3 nitrogen and oxygen atoms in total. The van der Waals surface area contributed by atoms with Gasteiger partial charge >= 0.3 is 0 Å². The Kier molecular flexibility index (Phi) is 3.98. The SMILES string of the molecule is CCC(=O)CNc1ccccc1OC. The zero-order valence-electron chi connectivity index (χ0n) is 8.54. The topological polar surface area (TPSA) is 38.3 Å². The number of rotatable bonds is 5. The predicted molar refractivity (Wildman–Crippen MR) is 56.8 cm³/mol. The lowest BCUT2D eigenvalue weighted by Crippen LogP contribution is -2.12. The van der Waals surface area contributed by atoms with E-state index in [9.17, 15) is 4.79 Å². The molecule has 0 aliphatic carbocycles. The number of methoxy groups -OCH3 is 1. The van der Waals surface area contributed by atoms with E-state index in [1.165, 1.54) is 0 Å². The van der Waals surface area contributed by atoms with Crippen molar-refractivity contribution in [2.24, 2.45) is 0 Å². The molecule has 0 saturated carbocycles. The summed E-state index contributed by atoms with van der Waals surface area (Å²) in [6.07, 6.45) is 0.558. The van der Waals surface area contributed by atoms with Crippen LogP contribution in [-0.2, 0) is 4.79 Å². The van der Waals surface area contributed by atoms with Gasteiger partial charge in [-0.15, -0.1) is 0 Å². The second kappa shape index (κ2) is 5.27. The first-order chi connectivity index (χ1) is 6.77. The lowest BCUT2D eigenvalue weighted by atomic mass is 10.2. The molecular formula is C11H15NO2. The molecule has 0 radical (unpaired) electrons. The van der Waals surface area contributed by atoms with Crippen LogP contribution in [0.25, 0.3) is 0 Å². The molecule has 0 fully saturated rings. The number of carbonyl (C=O) groups excluding carboxylic acids is 1. The standard InChI is InChI=1S/C11H15NO2/c1-3-9(13)8-12-10-6-4-5-7-11(10)14-2/h4-7,12H,3,8H2,1-2H3. The van der Waals surface area contributed by atoms with E-state index in [0.29, 0.717) is 13.0 Å². The zero-order chi connectivity index (χ0) is 10.4. The van der Waals surface area contributed by atoms with Gasteiger partial charge in [0.25, 0.3) is 0 Å². The number of benzene rings is 1. The molecule has 0 atom stereocenters. The largest absolute Gasteiger partial charge is 0.495 e. The average molecular weight is 193 g/mol. The Balaban J connectivity index is 2.61. The van der Waals surface area contributed by atoms with Gasteiger partial charge in [-0.05, 0) is 12.1 Å². The molecular weight excluding hydrogens is 178 g/mol. The highest BCUT2D eigenvalue weighted by Crippen LogP contribution is 2.22. The van der Waals surface area contributed by atoms with Crippen LogP contribution in [0.3, 0.4) is 0 Å². The van der Waals surface area contributed by atoms with Crippen LogP contribution in [0.4, 0.5) is 5.69 Å². The molecule has 0 unspecified atom stereocenters. The third kappa shape index (κ3) is 2.76. The summed E-state index contributed by atoms with van der Waals surface area (Å²) in [7, 11) is 1.61. The first-order valence-electron chi connectivity index (χ1n) is 4.66. The molecule has 3 heteroatoms. The first-order valence-corrected chi connectivity index (χ1v) is 4.66. The summed E-state index contributed by atoms with van der Waals surface area (Å²) >= 11 is 0. The van der Waals surface area contributed by atoms with Crippen molar-refractivity contribution in [3.8, 4) is 5.75 Å². The number of Topliss-reactive ketones (excluding diaryl/α,β-unsaturated/α-hetero) is 1. The fourth-order valence-electron chi connectivity index (χ4n) is 1.11. The van der Waals surface area contributed by atoms with E-state index in [1.807, 2.05) is 31.2 Å². The Morgan fingerprint density at radius 3 is 2.79 bits per heavy atom. The maximum atomic E-state index is 11.1. The first kappa shape index (κ1) is 10.6. The van der Waals surface area contributed by atoms with E-state index >= 15 is 0 Å². The molecule has 0 heterocycles. The van der Waals surface area contributed by atoms with Crippen LogP contribution in [0.15, 0.2) is 24.3 Å². The molecule has 1 aromatic rings. The van der Waals surface area contributed by atoms with Crippen molar-refractivity contribution in [3.05, 3.63) is 24.3 Å². The summed E-state index contributed by atoms with van der Waals surface area (Å²) in [5.74, 6) is 0.951. The van der Waals surface area contributed by atoms with Crippen LogP contribution < -0.4 is 10.1 Å². The van der Waals surface area contributed by atoms with Gasteiger partial charge in [0.15, 0.2) is 5.78 Å². The van der Waals surface area contributed by atoms with Crippen LogP contribution in [0.2, 0.25) is 0 Å². The van der Waals surface area contributed by atoms with E-state index in [2.05, 4.69) is 5.32 Å². The minimum absolute atomic E-state index is 0.191. The van der Waals surface area contributed by atoms with Gasteiger partial charge in [0, 0.05) is 6.42 Å². The van der Waals surface area contributed by atoms with Crippen molar-refractivity contribution in [3.63, 3.8) is 0 Å². The summed E-state index contributed by atoms with van der Waals surface area (Å²) in [5.41, 5.74) is 0.858. The Hall–Kier alpha value is -1.51. The van der Waals surface area contributed by atoms with Crippen molar-refractivity contribution >= 4 is 11.5 Å². The minimum Gasteiger partial charge on any atom is -0.495 e. The van der Waals surface area contributed by atoms with E-state index in [-0.39, 0.29) is 5.78 Å². The Morgan fingerprint density at radius 2 is 2.14 bits per heavy atom. The quantitative estimate of drug-likeness (QED) is 0.778. The number of hydrogen-bond donors (Lipinski definition) is 1. The van der Waals surface area contributed by atoms with Crippen LogP contribution in [0.1, 0.15) is 13.3 Å². The second-order valence-electron chi connectivity index (χ2n) is 2.95. The Labute approximate surface area is 84.1 Å². The third-order valence-electron chi connectivity index (χ3n) is 1.98. The van der Waals surface area contributed by atoms with E-state index in [0.717, 1.165) is 11.4 Å². The highest BCUT2D eigenvalue weighted by Gasteiger charge is 2.02. The monoisotopic (exact) mass is 193 g/mol. The van der Waals surface area contributed by atoms with Gasteiger partial charge in [-0.25, -0.2) is 0 Å². The van der Waals surface area contributed by atoms with Gasteiger partial charge in [-0.2, -0.15) is 0 Å². The molecule has 0 spiro atoms. The molecule has 0 aromatic heterocycles. The number of para-hydroxylation sites is 2. The van der Waals surface area contributed by atoms with Crippen LogP contribution >= 0.6 is 0 Å². The van der Waals surface area contributed by atoms with Crippen molar-refractivity contribution in [1.82, 2.24) is 0 Å². The summed E-state index contributed by atoms with van der Waals surface area (Å²) in [4.78, 5) is 11.1. The summed E-state index contributed by atoms with van der Waals surface area (Å²) in [6.45, 7) is 2.21. The fourth-order valence-corrected chi connectivity index (χ4v) is 1.11. The number of ether oxygens (including phenoxy) is 1. The minimum atomic E-state index is 0.191. The lowest BCUT2D eigenvalue weighted by Gasteiger charge is -2.09. The zero-order valence-corrected chi connectivity index (χ0v) is 8.54. The van der Waals surface area contributed by atoms with Crippen molar-refractivity contribution in [1.29, 1.82) is 0 Å². The number of nitrogens with one attached hydrogen (secondary N) is 1. The molecule has 1 N–H and O–H groups in total. The van der Waals surface area contributed by atoms with Gasteiger partial charge in [-0.1, -0.05) is 19.1 Å². The van der Waals surface area contributed by atoms with Crippen molar-refractivity contribution in [2.45, 2.75) is 13.3 Å². The Bertz CT molecular complexity index is 310. The maximum absolute atomic E-state index is 11.1. The molecule has 0 amide bonds. The van der Waals surface area contributed by atoms with Crippen LogP contribution in [0.5, 0.6) is 5.75 Å². The second-order valence-corrected chi connectivity index (χ2v) is 2.95. The van der Waals surface area contributed by atoms with E-state index < -0.39 is 0 Å². The normalized spacial score (nSPS) is 9.57. The van der Waals surface area contributed by atoms with Gasteiger partial charge in [-0.3, -0.25) is 4.79 Å². The smallest absolute Gasteiger partial charge is 0.151 e. The number of carbonyl (C=O) groups is 1. The Morgan fingerprint density at radius 1 is 1.43 bits per heavy atom. The number of ketones is 1. The van der Waals surface area contributed by atoms with Crippen LogP contribution in [0, 0.1) is 0 Å². The van der Waals surface area contributed by atoms with Crippen molar-refractivity contribution < 1.29 is 9.53 Å². The third-order valence-corrected chi connectivity index (χ3v) is 1.98. The summed E-state index contributed by atoms with van der Waals surface area (Å²) < 4.78 is 5.14. The highest BCUT2D eigenvalue weighted by atomic mass is 16.5. The van der Waals surface area contributed by atoms with Gasteiger partial charge in [0.1, 0.15) is 5.75 Å². The number of hydrogen-bond acceptors (Lipinski definition) is 3. The molecule has 0 aliphatic rings. The molecule has 76 valence electrons. The molecule has 0 bridgehead atoms. The molecule has 0 saturated heterocycles. The highest BCUT2D eigenvalue weighted by molar-refractivity contribution is 5.83. The maximum Gasteiger partial charge on any atom is 0.151 e. The molecule has 1 aromatic carbocycles. The summed E-state index contributed by atoms with van der Waals surface area (Å²) in [5, 5.41) is 3.04. The lowest BCUT2D eigenvalue weighted by molar-refractivity contribution is -0.117. The van der Waals surface area contributed by atoms with Crippen molar-refractivity contribution in [2.75, 3.05) is 19.0 Å². The molecule has 0 aliphatic heterocycles. The van der Waals surface area contributed by atoms with Gasteiger partial charge in [0.2, 0.25) is 0 Å². The fraction of sp³-hybridized carbons (Fsp3) is 0.364. The summed E-state index contributed by atoms with van der Waals surface area (Å²) in [6, 6.07) is 7.55. The van der Waals surface area contributed by atoms with Gasteiger partial charge < -0.3 is 10.1 Å². The van der Waals surface area contributed by atoms with Crippen LogP contribution in [-0.4, -0.2) is 19.4 Å². The molecule has 14 heavy (non-hydrogen) atoms. The van der Waals surface area contributed by atoms with E-state index in [1.54, 1.807) is 7.11 Å². The van der Waals surface area contributed by atoms with E-state index in [4.69, 9.17) is 4.74 Å². The average Bonchev–Trinajstić information content (AvgIpc) is 2.26.